The topological polar surface area (TPSA) is 47.3 Å². The highest BCUT2D eigenvalue weighted by molar-refractivity contribution is 5.25. The molecule has 0 aromatic heterocycles. The van der Waals surface area contributed by atoms with E-state index >= 15 is 0 Å². The minimum Gasteiger partial charge on any atom is -0.377 e. The van der Waals surface area contributed by atoms with Crippen molar-refractivity contribution in [3.8, 4) is 0 Å². The maximum atomic E-state index is 12.5. The van der Waals surface area contributed by atoms with E-state index in [4.69, 9.17) is 10.6 Å². The van der Waals surface area contributed by atoms with Crippen LogP contribution in [0.25, 0.3) is 0 Å². The van der Waals surface area contributed by atoms with E-state index in [-0.39, 0.29) is 18.1 Å². The van der Waals surface area contributed by atoms with Gasteiger partial charge in [0.05, 0.1) is 17.7 Å². The molecule has 2 unspecified atom stereocenters. The monoisotopic (exact) mass is 304 g/mol. The Hall–Kier alpha value is -1.11. The summed E-state index contributed by atoms with van der Waals surface area (Å²) in [7, 11) is 0. The van der Waals surface area contributed by atoms with Crippen LogP contribution >= 0.6 is 0 Å². The fourth-order valence-corrected chi connectivity index (χ4v) is 2.32. The average molecular weight is 304 g/mol. The number of benzene rings is 1. The first-order valence-electron chi connectivity index (χ1n) is 7.03. The van der Waals surface area contributed by atoms with Crippen LogP contribution in [0.5, 0.6) is 0 Å². The molecule has 1 aromatic carbocycles. The van der Waals surface area contributed by atoms with Gasteiger partial charge in [-0.2, -0.15) is 13.2 Å². The lowest BCUT2D eigenvalue weighted by Gasteiger charge is -2.29. The standard InChI is InChI=1S/C15H23F3N2O/c1-4-21-14(10(2)3)13(20-19)9-11-5-7-12(8-6-11)15(16,17)18/h5-8,10,13-14,20H,4,9,19H2,1-3H3. The SMILES string of the molecule is CCOC(C(C)C)C(Cc1ccc(C(F)(F)F)cc1)NN. The Bertz CT molecular complexity index is 418. The van der Waals surface area contributed by atoms with Crippen LogP contribution in [0.3, 0.4) is 0 Å². The second-order valence-electron chi connectivity index (χ2n) is 5.34. The van der Waals surface area contributed by atoms with E-state index in [9.17, 15) is 13.2 Å². The summed E-state index contributed by atoms with van der Waals surface area (Å²) in [6.07, 6.45) is -3.89. The van der Waals surface area contributed by atoms with E-state index in [2.05, 4.69) is 5.43 Å². The molecule has 120 valence electrons. The number of hydrazine groups is 1. The predicted molar refractivity (Wildman–Crippen MR) is 76.5 cm³/mol. The Kier molecular flexibility index (Phi) is 6.64. The molecule has 2 atom stereocenters. The normalized spacial score (nSPS) is 15.2. The lowest BCUT2D eigenvalue weighted by molar-refractivity contribution is -0.137. The second kappa shape index (κ2) is 7.77. The number of ether oxygens (including phenoxy) is 1. The van der Waals surface area contributed by atoms with Crippen molar-refractivity contribution in [2.75, 3.05) is 6.61 Å². The molecule has 6 heteroatoms. The fourth-order valence-electron chi connectivity index (χ4n) is 2.32. The number of alkyl halides is 3. The summed E-state index contributed by atoms with van der Waals surface area (Å²) in [6, 6.07) is 5.00. The van der Waals surface area contributed by atoms with Gasteiger partial charge in [-0.3, -0.25) is 11.3 Å². The van der Waals surface area contributed by atoms with Gasteiger partial charge < -0.3 is 4.74 Å². The molecule has 0 bridgehead atoms. The Balaban J connectivity index is 2.81. The smallest absolute Gasteiger partial charge is 0.377 e. The summed E-state index contributed by atoms with van der Waals surface area (Å²) in [4.78, 5) is 0. The zero-order valence-electron chi connectivity index (χ0n) is 12.6. The molecule has 1 aromatic rings. The van der Waals surface area contributed by atoms with Crippen LogP contribution in [0.4, 0.5) is 13.2 Å². The molecule has 3 nitrogen and oxygen atoms in total. The molecule has 0 aliphatic carbocycles. The van der Waals surface area contributed by atoms with Crippen molar-refractivity contribution in [3.63, 3.8) is 0 Å². The number of hydrogen-bond donors (Lipinski definition) is 2. The molecule has 0 heterocycles. The zero-order valence-corrected chi connectivity index (χ0v) is 12.6. The summed E-state index contributed by atoms with van der Waals surface area (Å²) in [5, 5.41) is 0. The fraction of sp³-hybridized carbons (Fsp3) is 0.600. The van der Waals surface area contributed by atoms with E-state index in [1.54, 1.807) is 0 Å². The first kappa shape index (κ1) is 17.9. The van der Waals surface area contributed by atoms with Crippen LogP contribution in [-0.2, 0) is 17.3 Å². The molecule has 0 saturated carbocycles. The highest BCUT2D eigenvalue weighted by Gasteiger charge is 2.30. The summed E-state index contributed by atoms with van der Waals surface area (Å²) >= 11 is 0. The van der Waals surface area contributed by atoms with E-state index < -0.39 is 11.7 Å². The van der Waals surface area contributed by atoms with Crippen molar-refractivity contribution in [2.45, 2.75) is 45.5 Å². The Morgan fingerprint density at radius 2 is 1.76 bits per heavy atom. The molecule has 0 radical (unpaired) electrons. The Labute approximate surface area is 123 Å². The van der Waals surface area contributed by atoms with Crippen LogP contribution in [0.2, 0.25) is 0 Å². The summed E-state index contributed by atoms with van der Waals surface area (Å²) < 4.78 is 43.3. The van der Waals surface area contributed by atoms with Crippen molar-refractivity contribution in [2.24, 2.45) is 11.8 Å². The van der Waals surface area contributed by atoms with E-state index in [0.717, 1.165) is 17.7 Å². The average Bonchev–Trinajstić information content (AvgIpc) is 2.42. The predicted octanol–water partition coefficient (Wildman–Crippen LogP) is 3.14. The minimum atomic E-state index is -4.31. The van der Waals surface area contributed by atoms with Crippen LogP contribution in [0, 0.1) is 5.92 Å². The molecule has 1 rings (SSSR count). The van der Waals surface area contributed by atoms with Crippen molar-refractivity contribution in [3.05, 3.63) is 35.4 Å². The molecular weight excluding hydrogens is 281 g/mol. The van der Waals surface area contributed by atoms with Gasteiger partial charge in [-0.1, -0.05) is 26.0 Å². The van der Waals surface area contributed by atoms with E-state index in [1.165, 1.54) is 12.1 Å². The Morgan fingerprint density at radius 3 is 2.14 bits per heavy atom. The van der Waals surface area contributed by atoms with Crippen molar-refractivity contribution < 1.29 is 17.9 Å². The highest BCUT2D eigenvalue weighted by Crippen LogP contribution is 2.29. The number of hydrogen-bond acceptors (Lipinski definition) is 3. The summed E-state index contributed by atoms with van der Waals surface area (Å²) in [6.45, 7) is 6.52. The quantitative estimate of drug-likeness (QED) is 0.601. The highest BCUT2D eigenvalue weighted by atomic mass is 19.4. The number of rotatable bonds is 7. The summed E-state index contributed by atoms with van der Waals surface area (Å²) in [5.74, 6) is 5.83. The largest absolute Gasteiger partial charge is 0.416 e. The van der Waals surface area contributed by atoms with Gasteiger partial charge in [0, 0.05) is 6.61 Å². The lowest BCUT2D eigenvalue weighted by atomic mass is 9.94. The maximum absolute atomic E-state index is 12.5. The van der Waals surface area contributed by atoms with Crippen LogP contribution in [0.1, 0.15) is 31.9 Å². The third kappa shape index (κ3) is 5.30. The van der Waals surface area contributed by atoms with Crippen LogP contribution < -0.4 is 11.3 Å². The van der Waals surface area contributed by atoms with Gasteiger partial charge in [-0.25, -0.2) is 0 Å². The van der Waals surface area contributed by atoms with Gasteiger partial charge in [-0.05, 0) is 37.0 Å². The zero-order chi connectivity index (χ0) is 16.0. The first-order chi connectivity index (χ1) is 9.79. The van der Waals surface area contributed by atoms with E-state index in [0.29, 0.717) is 13.0 Å². The molecule has 0 aliphatic rings. The van der Waals surface area contributed by atoms with Crippen molar-refractivity contribution >= 4 is 0 Å². The lowest BCUT2D eigenvalue weighted by Crippen LogP contribution is -2.48. The minimum absolute atomic E-state index is 0.0951. The number of halogens is 3. The van der Waals surface area contributed by atoms with Gasteiger partial charge in [0.25, 0.3) is 0 Å². The van der Waals surface area contributed by atoms with Crippen LogP contribution in [-0.4, -0.2) is 18.8 Å². The number of nitrogens with two attached hydrogens (primary N) is 1. The van der Waals surface area contributed by atoms with Crippen molar-refractivity contribution in [1.82, 2.24) is 5.43 Å². The first-order valence-corrected chi connectivity index (χ1v) is 7.03. The number of nitrogens with one attached hydrogen (secondary N) is 1. The molecule has 0 spiro atoms. The van der Waals surface area contributed by atoms with Gasteiger partial charge in [0.15, 0.2) is 0 Å². The van der Waals surface area contributed by atoms with Gasteiger partial charge in [-0.15, -0.1) is 0 Å². The van der Waals surface area contributed by atoms with Gasteiger partial charge in [0.1, 0.15) is 0 Å². The molecule has 0 amide bonds. The molecule has 0 saturated heterocycles. The van der Waals surface area contributed by atoms with E-state index in [1.807, 2.05) is 20.8 Å². The second-order valence-corrected chi connectivity index (χ2v) is 5.34. The van der Waals surface area contributed by atoms with Crippen molar-refractivity contribution in [1.29, 1.82) is 0 Å². The molecular formula is C15H23F3N2O. The third-order valence-corrected chi connectivity index (χ3v) is 3.36. The molecule has 21 heavy (non-hydrogen) atoms. The van der Waals surface area contributed by atoms with Gasteiger partial charge >= 0.3 is 6.18 Å². The Morgan fingerprint density at radius 1 is 1.19 bits per heavy atom. The molecule has 0 aliphatic heterocycles. The van der Waals surface area contributed by atoms with Crippen LogP contribution in [0.15, 0.2) is 24.3 Å². The maximum Gasteiger partial charge on any atom is 0.416 e. The summed E-state index contributed by atoms with van der Waals surface area (Å²) in [5.41, 5.74) is 2.86. The third-order valence-electron chi connectivity index (χ3n) is 3.36. The van der Waals surface area contributed by atoms with Gasteiger partial charge in [0.2, 0.25) is 0 Å². The molecule has 0 fully saturated rings. The molecule has 3 N–H and O–H groups in total.